The van der Waals surface area contributed by atoms with Gasteiger partial charge in [-0.25, -0.2) is 0 Å². The molecule has 3 aliphatic carbocycles. The third-order valence-electron chi connectivity index (χ3n) is 8.72. The topological polar surface area (TPSA) is 26.0 Å². The second-order valence-corrected chi connectivity index (χ2v) is 9.81. The van der Waals surface area contributed by atoms with Gasteiger partial charge >= 0.3 is 0 Å². The van der Waals surface area contributed by atoms with Gasteiger partial charge in [0.15, 0.2) is 0 Å². The van der Waals surface area contributed by atoms with Crippen LogP contribution in [0.25, 0.3) is 5.57 Å². The van der Waals surface area contributed by atoms with E-state index in [1.54, 1.807) is 11.1 Å². The highest BCUT2D eigenvalue weighted by Gasteiger charge is 2.69. The molecule has 0 heterocycles. The van der Waals surface area contributed by atoms with Crippen LogP contribution in [0.1, 0.15) is 82.1 Å². The number of hydrogen-bond donors (Lipinski definition) is 1. The Morgan fingerprint density at radius 3 is 2.68 bits per heavy atom. The highest BCUT2D eigenvalue weighted by molar-refractivity contribution is 5.68. The van der Waals surface area contributed by atoms with Gasteiger partial charge in [0.05, 0.1) is 0 Å². The summed E-state index contributed by atoms with van der Waals surface area (Å²) in [6, 6.07) is 4.73. The molecule has 1 heteroatoms. The van der Waals surface area contributed by atoms with Crippen LogP contribution < -0.4 is 5.73 Å². The zero-order valence-electron chi connectivity index (χ0n) is 16.8. The van der Waals surface area contributed by atoms with E-state index in [1.165, 1.54) is 55.2 Å². The van der Waals surface area contributed by atoms with Gasteiger partial charge in [-0.2, -0.15) is 0 Å². The maximum Gasteiger partial charge on any atom is 0.0284 e. The smallest absolute Gasteiger partial charge is 0.0284 e. The zero-order valence-corrected chi connectivity index (χ0v) is 16.8. The number of hydrogen-bond acceptors (Lipinski definition) is 1. The van der Waals surface area contributed by atoms with Gasteiger partial charge < -0.3 is 5.73 Å². The van der Waals surface area contributed by atoms with Crippen molar-refractivity contribution in [3.63, 3.8) is 0 Å². The van der Waals surface area contributed by atoms with E-state index in [2.05, 4.69) is 53.3 Å². The van der Waals surface area contributed by atoms with Gasteiger partial charge in [-0.1, -0.05) is 45.1 Å². The van der Waals surface area contributed by atoms with Crippen molar-refractivity contribution in [1.29, 1.82) is 0 Å². The van der Waals surface area contributed by atoms with Crippen LogP contribution in [0.15, 0.2) is 18.7 Å². The van der Waals surface area contributed by atoms with E-state index < -0.39 is 0 Å². The lowest BCUT2D eigenvalue weighted by atomic mass is 9.54. The summed E-state index contributed by atoms with van der Waals surface area (Å²) in [5.41, 5.74) is 15.1. The third kappa shape index (κ3) is 1.94. The maximum absolute atomic E-state index is 7.39. The SMILES string of the molecule is C=C(C)c1ccc2c(c1C)[C@@]13C[C@H](C)CC[C@@]1(N)[C@H](C)C(CC)(C2)C3. The molecule has 25 heavy (non-hydrogen) atoms. The Hall–Kier alpha value is -1.08. The number of benzene rings is 1. The van der Waals surface area contributed by atoms with Gasteiger partial charge in [-0.05, 0) is 91.9 Å². The van der Waals surface area contributed by atoms with E-state index in [0.29, 0.717) is 11.3 Å². The van der Waals surface area contributed by atoms with Crippen molar-refractivity contribution in [1.82, 2.24) is 0 Å². The maximum atomic E-state index is 7.39. The fourth-order valence-electron chi connectivity index (χ4n) is 7.40. The van der Waals surface area contributed by atoms with Crippen LogP contribution in [-0.2, 0) is 11.8 Å². The van der Waals surface area contributed by atoms with Crippen molar-refractivity contribution in [3.05, 3.63) is 41.0 Å². The molecule has 1 aromatic carbocycles. The van der Waals surface area contributed by atoms with E-state index in [9.17, 15) is 0 Å². The summed E-state index contributed by atoms with van der Waals surface area (Å²) in [5.74, 6) is 1.37. The lowest BCUT2D eigenvalue weighted by Crippen LogP contribution is -2.61. The number of fused-ring (bicyclic) bond motifs is 2. The van der Waals surface area contributed by atoms with Crippen LogP contribution in [0.4, 0.5) is 0 Å². The predicted molar refractivity (Wildman–Crippen MR) is 108 cm³/mol. The number of rotatable bonds is 2. The van der Waals surface area contributed by atoms with Gasteiger partial charge in [0.25, 0.3) is 0 Å². The molecule has 2 N–H and O–H groups in total. The molecule has 0 aliphatic heterocycles. The van der Waals surface area contributed by atoms with Gasteiger partial charge in [-0.3, -0.25) is 0 Å². The summed E-state index contributed by atoms with van der Waals surface area (Å²) in [6.45, 7) is 16.0. The van der Waals surface area contributed by atoms with E-state index in [4.69, 9.17) is 5.73 Å². The summed E-state index contributed by atoms with van der Waals surface area (Å²) in [6.07, 6.45) is 7.51. The molecule has 1 spiro atoms. The minimum atomic E-state index is -0.0424. The molecule has 5 atom stereocenters. The Kier molecular flexibility index (Phi) is 3.62. The molecular formula is C24H35N. The summed E-state index contributed by atoms with van der Waals surface area (Å²) in [4.78, 5) is 0. The molecule has 136 valence electrons. The largest absolute Gasteiger partial charge is 0.324 e. The molecule has 0 radical (unpaired) electrons. The number of nitrogens with two attached hydrogens (primary N) is 1. The Balaban J connectivity index is 2.04. The van der Waals surface area contributed by atoms with Crippen LogP contribution in [0, 0.1) is 24.2 Å². The highest BCUT2D eigenvalue weighted by atomic mass is 14.9. The van der Waals surface area contributed by atoms with E-state index in [-0.39, 0.29) is 11.0 Å². The minimum Gasteiger partial charge on any atom is -0.324 e. The molecule has 4 rings (SSSR count). The fourth-order valence-corrected chi connectivity index (χ4v) is 7.40. The first-order valence-corrected chi connectivity index (χ1v) is 10.3. The molecule has 2 saturated carbocycles. The molecule has 0 amide bonds. The van der Waals surface area contributed by atoms with E-state index in [0.717, 1.165) is 5.92 Å². The van der Waals surface area contributed by atoms with Crippen molar-refractivity contribution in [3.8, 4) is 0 Å². The molecule has 1 nitrogen and oxygen atoms in total. The molecule has 2 fully saturated rings. The molecule has 0 aromatic heterocycles. The van der Waals surface area contributed by atoms with Crippen LogP contribution >= 0.6 is 0 Å². The average Bonchev–Trinajstić information content (AvgIpc) is 2.71. The van der Waals surface area contributed by atoms with Crippen molar-refractivity contribution >= 4 is 5.57 Å². The second-order valence-electron chi connectivity index (χ2n) is 9.81. The quantitative estimate of drug-likeness (QED) is 0.728. The lowest BCUT2D eigenvalue weighted by Gasteiger charge is -2.53. The number of allylic oxidation sites excluding steroid dienone is 1. The monoisotopic (exact) mass is 337 g/mol. The summed E-state index contributed by atoms with van der Waals surface area (Å²) >= 11 is 0. The summed E-state index contributed by atoms with van der Waals surface area (Å²) in [5, 5.41) is 0. The second kappa shape index (κ2) is 5.22. The molecular weight excluding hydrogens is 302 g/mol. The third-order valence-corrected chi connectivity index (χ3v) is 8.72. The normalized spacial score (nSPS) is 42.0. The highest BCUT2D eigenvalue weighted by Crippen LogP contribution is 2.70. The Morgan fingerprint density at radius 2 is 2.04 bits per heavy atom. The molecule has 3 aliphatic rings. The molecule has 2 bridgehead atoms. The Labute approximate surface area is 154 Å². The zero-order chi connectivity index (χ0) is 18.2. The molecule has 1 unspecified atom stereocenters. The van der Waals surface area contributed by atoms with Gasteiger partial charge in [0, 0.05) is 11.0 Å². The summed E-state index contributed by atoms with van der Waals surface area (Å²) < 4.78 is 0. The van der Waals surface area contributed by atoms with Crippen molar-refractivity contribution in [2.45, 2.75) is 84.1 Å². The predicted octanol–water partition coefficient (Wildman–Crippen LogP) is 5.78. The van der Waals surface area contributed by atoms with Crippen LogP contribution in [0.2, 0.25) is 0 Å². The van der Waals surface area contributed by atoms with Crippen LogP contribution in [-0.4, -0.2) is 5.54 Å². The molecule has 1 aromatic rings. The minimum absolute atomic E-state index is 0.0424. The summed E-state index contributed by atoms with van der Waals surface area (Å²) in [7, 11) is 0. The van der Waals surface area contributed by atoms with Crippen molar-refractivity contribution < 1.29 is 0 Å². The Morgan fingerprint density at radius 1 is 1.32 bits per heavy atom. The lowest BCUT2D eigenvalue weighted by molar-refractivity contribution is 0.107. The van der Waals surface area contributed by atoms with Crippen LogP contribution in [0.5, 0.6) is 0 Å². The van der Waals surface area contributed by atoms with Gasteiger partial charge in [0.1, 0.15) is 0 Å². The Bertz CT molecular complexity index is 747. The van der Waals surface area contributed by atoms with Gasteiger partial charge in [-0.15, -0.1) is 0 Å². The van der Waals surface area contributed by atoms with E-state index in [1.807, 2.05) is 0 Å². The first kappa shape index (κ1) is 17.3. The molecule has 0 saturated heterocycles. The first-order valence-electron chi connectivity index (χ1n) is 10.3. The van der Waals surface area contributed by atoms with Crippen LogP contribution in [0.3, 0.4) is 0 Å². The van der Waals surface area contributed by atoms with Crippen molar-refractivity contribution in [2.75, 3.05) is 0 Å². The van der Waals surface area contributed by atoms with E-state index >= 15 is 0 Å². The standard InChI is InChI=1S/C24H35N/c1-7-22-13-19-8-9-20(15(2)3)17(5)21(19)23(14-22)12-16(4)10-11-24(23,25)18(22)6/h8-9,16,18H,2,7,10-14,25H2,1,3-6H3/t16-,18-,22?,23+,24-/m1/s1. The average molecular weight is 338 g/mol. The first-order chi connectivity index (χ1) is 11.7. The van der Waals surface area contributed by atoms with Crippen molar-refractivity contribution in [2.24, 2.45) is 23.0 Å². The fraction of sp³-hybridized carbons (Fsp3) is 0.667. The van der Waals surface area contributed by atoms with Gasteiger partial charge in [0.2, 0.25) is 0 Å².